The van der Waals surface area contributed by atoms with Crippen LogP contribution < -0.4 is 15.2 Å². The second-order valence-electron chi connectivity index (χ2n) is 5.12. The minimum atomic E-state index is -1.18. The van der Waals surface area contributed by atoms with Crippen molar-refractivity contribution < 1.29 is 14.6 Å². The topological polar surface area (TPSA) is 61.4 Å². The van der Waals surface area contributed by atoms with Crippen molar-refractivity contribution >= 4 is 22.4 Å². The van der Waals surface area contributed by atoms with E-state index >= 15 is 0 Å². The molecule has 0 saturated carbocycles. The first-order chi connectivity index (χ1) is 11.2. The molecule has 0 bridgehead atoms. The largest absolute Gasteiger partial charge is 0.545 e. The van der Waals surface area contributed by atoms with Crippen molar-refractivity contribution in [2.45, 2.75) is 0 Å². The molecular formula is C19H16NO3-. The molecule has 3 aromatic carbocycles. The lowest BCUT2D eigenvalue weighted by Gasteiger charge is -2.11. The SMILES string of the molecule is O=C([O-])c1cccc(NCCOc2cccc3ccccc23)c1. The van der Waals surface area contributed by atoms with Gasteiger partial charge in [0, 0.05) is 17.6 Å². The highest BCUT2D eigenvalue weighted by molar-refractivity contribution is 5.88. The predicted molar refractivity (Wildman–Crippen MR) is 88.7 cm³/mol. The number of carboxylic acid groups (broad SMARTS) is 1. The van der Waals surface area contributed by atoms with E-state index in [4.69, 9.17) is 4.74 Å². The Morgan fingerprint density at radius 1 is 1.00 bits per heavy atom. The number of carboxylic acids is 1. The smallest absolute Gasteiger partial charge is 0.127 e. The molecule has 0 aliphatic heterocycles. The van der Waals surface area contributed by atoms with Gasteiger partial charge in [0.1, 0.15) is 12.4 Å². The molecule has 0 heterocycles. The average Bonchev–Trinajstić information content (AvgIpc) is 2.59. The average molecular weight is 306 g/mol. The highest BCUT2D eigenvalue weighted by Gasteiger charge is 2.01. The number of carbonyl (C=O) groups is 1. The van der Waals surface area contributed by atoms with E-state index in [1.807, 2.05) is 48.5 Å². The molecule has 0 aliphatic carbocycles. The maximum atomic E-state index is 10.8. The number of rotatable bonds is 6. The monoisotopic (exact) mass is 306 g/mol. The standard InChI is InChI=1S/C19H17NO3/c21-19(22)15-7-3-8-16(13-15)20-11-12-23-18-10-4-6-14-5-1-2-9-17(14)18/h1-10,13,20H,11-12H2,(H,21,22)/p-1. The van der Waals surface area contributed by atoms with Gasteiger partial charge in [-0.2, -0.15) is 0 Å². The molecule has 0 atom stereocenters. The van der Waals surface area contributed by atoms with Crippen molar-refractivity contribution in [3.63, 3.8) is 0 Å². The van der Waals surface area contributed by atoms with E-state index in [0.717, 1.165) is 22.2 Å². The molecule has 3 aromatic rings. The molecule has 0 aromatic heterocycles. The summed E-state index contributed by atoms with van der Waals surface area (Å²) < 4.78 is 5.83. The van der Waals surface area contributed by atoms with Crippen LogP contribution in [0.4, 0.5) is 5.69 Å². The number of aromatic carboxylic acids is 1. The van der Waals surface area contributed by atoms with E-state index < -0.39 is 5.97 Å². The number of ether oxygens (including phenoxy) is 1. The van der Waals surface area contributed by atoms with Crippen molar-refractivity contribution in [3.05, 3.63) is 72.3 Å². The van der Waals surface area contributed by atoms with Crippen LogP contribution in [0.3, 0.4) is 0 Å². The van der Waals surface area contributed by atoms with Crippen molar-refractivity contribution in [3.8, 4) is 5.75 Å². The number of anilines is 1. The molecule has 3 rings (SSSR count). The fourth-order valence-corrected chi connectivity index (χ4v) is 2.43. The summed E-state index contributed by atoms with van der Waals surface area (Å²) in [6.07, 6.45) is 0. The Morgan fingerprint density at radius 3 is 2.65 bits per heavy atom. The number of carbonyl (C=O) groups excluding carboxylic acids is 1. The molecule has 0 saturated heterocycles. The van der Waals surface area contributed by atoms with Crippen LogP contribution in [-0.4, -0.2) is 19.1 Å². The minimum absolute atomic E-state index is 0.157. The van der Waals surface area contributed by atoms with Gasteiger partial charge in [0.05, 0.1) is 5.97 Å². The molecular weight excluding hydrogens is 290 g/mol. The summed E-state index contributed by atoms with van der Waals surface area (Å²) in [7, 11) is 0. The first kappa shape index (κ1) is 14.9. The van der Waals surface area contributed by atoms with E-state index in [1.165, 1.54) is 6.07 Å². The second-order valence-corrected chi connectivity index (χ2v) is 5.12. The van der Waals surface area contributed by atoms with Crippen LogP contribution in [0.25, 0.3) is 10.8 Å². The summed E-state index contributed by atoms with van der Waals surface area (Å²) in [6.45, 7) is 1.04. The van der Waals surface area contributed by atoms with Crippen molar-refractivity contribution in [1.82, 2.24) is 0 Å². The third kappa shape index (κ3) is 3.61. The number of hydrogen-bond acceptors (Lipinski definition) is 4. The molecule has 23 heavy (non-hydrogen) atoms. The van der Waals surface area contributed by atoms with Gasteiger partial charge in [-0.05, 0) is 29.1 Å². The van der Waals surface area contributed by atoms with Crippen LogP contribution in [-0.2, 0) is 0 Å². The summed E-state index contributed by atoms with van der Waals surface area (Å²) in [6, 6.07) is 20.6. The molecule has 0 fully saturated rings. The highest BCUT2D eigenvalue weighted by Crippen LogP contribution is 2.24. The van der Waals surface area contributed by atoms with Crippen molar-refractivity contribution in [2.75, 3.05) is 18.5 Å². The van der Waals surface area contributed by atoms with Crippen molar-refractivity contribution in [1.29, 1.82) is 0 Å². The molecule has 4 nitrogen and oxygen atoms in total. The second kappa shape index (κ2) is 6.83. The van der Waals surface area contributed by atoms with Crippen LogP contribution in [0.5, 0.6) is 5.75 Å². The summed E-state index contributed by atoms with van der Waals surface area (Å²) >= 11 is 0. The van der Waals surface area contributed by atoms with E-state index in [-0.39, 0.29) is 5.56 Å². The molecule has 4 heteroatoms. The Labute approximate surface area is 134 Å². The summed E-state index contributed by atoms with van der Waals surface area (Å²) in [4.78, 5) is 10.8. The molecule has 0 amide bonds. The van der Waals surface area contributed by atoms with Gasteiger partial charge in [-0.25, -0.2) is 0 Å². The number of nitrogens with one attached hydrogen (secondary N) is 1. The lowest BCUT2D eigenvalue weighted by molar-refractivity contribution is -0.255. The van der Waals surface area contributed by atoms with Crippen LogP contribution in [0, 0.1) is 0 Å². The van der Waals surface area contributed by atoms with Crippen LogP contribution in [0.2, 0.25) is 0 Å². The zero-order valence-corrected chi connectivity index (χ0v) is 12.5. The van der Waals surface area contributed by atoms with E-state index in [0.29, 0.717) is 13.2 Å². The molecule has 0 radical (unpaired) electrons. The van der Waals surface area contributed by atoms with Gasteiger partial charge in [-0.3, -0.25) is 0 Å². The van der Waals surface area contributed by atoms with Gasteiger partial charge in [0.15, 0.2) is 0 Å². The fourth-order valence-electron chi connectivity index (χ4n) is 2.43. The maximum absolute atomic E-state index is 10.8. The number of benzene rings is 3. The lowest BCUT2D eigenvalue weighted by atomic mass is 10.1. The zero-order valence-electron chi connectivity index (χ0n) is 12.5. The minimum Gasteiger partial charge on any atom is -0.545 e. The Morgan fingerprint density at radius 2 is 1.78 bits per heavy atom. The first-order valence-electron chi connectivity index (χ1n) is 7.40. The molecule has 0 spiro atoms. The Bertz CT molecular complexity index is 824. The normalized spacial score (nSPS) is 10.4. The zero-order chi connectivity index (χ0) is 16.1. The molecule has 0 unspecified atom stereocenters. The lowest BCUT2D eigenvalue weighted by Crippen LogP contribution is -2.22. The van der Waals surface area contributed by atoms with Crippen LogP contribution in [0.1, 0.15) is 10.4 Å². The van der Waals surface area contributed by atoms with Gasteiger partial charge in [-0.15, -0.1) is 0 Å². The summed E-state index contributed by atoms with van der Waals surface area (Å²) in [5, 5.41) is 16.2. The molecule has 0 aliphatic rings. The Balaban J connectivity index is 1.59. The van der Waals surface area contributed by atoms with Gasteiger partial charge in [0.2, 0.25) is 0 Å². The molecule has 1 N–H and O–H groups in total. The fraction of sp³-hybridized carbons (Fsp3) is 0.105. The summed E-state index contributed by atoms with van der Waals surface area (Å²) in [5.74, 6) is -0.339. The first-order valence-corrected chi connectivity index (χ1v) is 7.40. The molecule has 116 valence electrons. The van der Waals surface area contributed by atoms with E-state index in [2.05, 4.69) is 5.32 Å². The van der Waals surface area contributed by atoms with Crippen LogP contribution in [0.15, 0.2) is 66.7 Å². The van der Waals surface area contributed by atoms with E-state index in [1.54, 1.807) is 12.1 Å². The van der Waals surface area contributed by atoms with Crippen LogP contribution >= 0.6 is 0 Å². The Hall–Kier alpha value is -3.01. The third-order valence-corrected chi connectivity index (χ3v) is 3.54. The highest BCUT2D eigenvalue weighted by atomic mass is 16.5. The van der Waals surface area contributed by atoms with Gasteiger partial charge >= 0.3 is 0 Å². The summed E-state index contributed by atoms with van der Waals surface area (Å²) in [5.41, 5.74) is 0.887. The van der Waals surface area contributed by atoms with Gasteiger partial charge < -0.3 is 20.0 Å². The maximum Gasteiger partial charge on any atom is 0.127 e. The number of fused-ring (bicyclic) bond motifs is 1. The quantitative estimate of drug-likeness (QED) is 0.711. The predicted octanol–water partition coefficient (Wildman–Crippen LogP) is 2.69. The van der Waals surface area contributed by atoms with Gasteiger partial charge in [0.25, 0.3) is 0 Å². The third-order valence-electron chi connectivity index (χ3n) is 3.54. The Kier molecular flexibility index (Phi) is 4.43. The van der Waals surface area contributed by atoms with E-state index in [9.17, 15) is 9.90 Å². The van der Waals surface area contributed by atoms with Crippen molar-refractivity contribution in [2.24, 2.45) is 0 Å². The van der Waals surface area contributed by atoms with Gasteiger partial charge in [-0.1, -0.05) is 48.5 Å². The number of hydrogen-bond donors (Lipinski definition) is 1.